The number of nitrogens with one attached hydrogen (secondary N) is 2. The zero-order valence-electron chi connectivity index (χ0n) is 11.8. The standard InChI is InChI=1S/C16H19BrN2O2/c17-13-6-8-14(9-7-13)19-16(21)15(20)18-11-10-12-4-2-1-3-5-12/h4,6-9H,1-3,5,10-11H2,(H,18,20)(H,19,21). The van der Waals surface area contributed by atoms with Crippen LogP contribution in [0.1, 0.15) is 32.1 Å². The summed E-state index contributed by atoms with van der Waals surface area (Å²) in [5.74, 6) is -1.22. The van der Waals surface area contributed by atoms with Gasteiger partial charge in [-0.05, 0) is 56.4 Å². The van der Waals surface area contributed by atoms with Gasteiger partial charge in [-0.1, -0.05) is 27.6 Å². The Hall–Kier alpha value is -1.62. The minimum absolute atomic E-state index is 0.512. The normalized spacial score (nSPS) is 14.2. The van der Waals surface area contributed by atoms with Crippen molar-refractivity contribution in [2.24, 2.45) is 0 Å². The Labute approximate surface area is 133 Å². The van der Waals surface area contributed by atoms with Crippen LogP contribution in [0.3, 0.4) is 0 Å². The Kier molecular flexibility index (Phi) is 5.99. The second kappa shape index (κ2) is 7.98. The third-order valence-corrected chi connectivity index (χ3v) is 3.95. The molecule has 1 aliphatic rings. The molecule has 112 valence electrons. The van der Waals surface area contributed by atoms with Crippen LogP contribution < -0.4 is 10.6 Å². The molecule has 1 aliphatic carbocycles. The predicted molar refractivity (Wildman–Crippen MR) is 86.9 cm³/mol. The fourth-order valence-electron chi connectivity index (χ4n) is 2.27. The second-order valence-electron chi connectivity index (χ2n) is 5.08. The van der Waals surface area contributed by atoms with Crippen LogP contribution in [0.15, 0.2) is 40.4 Å². The largest absolute Gasteiger partial charge is 0.348 e. The smallest absolute Gasteiger partial charge is 0.313 e. The van der Waals surface area contributed by atoms with Gasteiger partial charge in [0.15, 0.2) is 0 Å². The molecule has 21 heavy (non-hydrogen) atoms. The molecule has 1 aromatic carbocycles. The molecule has 0 unspecified atom stereocenters. The maximum absolute atomic E-state index is 11.7. The van der Waals surface area contributed by atoms with Gasteiger partial charge in [0.1, 0.15) is 0 Å². The fourth-order valence-corrected chi connectivity index (χ4v) is 2.53. The third kappa shape index (κ3) is 5.34. The van der Waals surface area contributed by atoms with Gasteiger partial charge in [0.05, 0.1) is 0 Å². The number of benzene rings is 1. The van der Waals surface area contributed by atoms with E-state index >= 15 is 0 Å². The average Bonchev–Trinajstić information content (AvgIpc) is 2.50. The van der Waals surface area contributed by atoms with E-state index in [9.17, 15) is 9.59 Å². The first kappa shape index (κ1) is 15.8. The van der Waals surface area contributed by atoms with Crippen molar-refractivity contribution in [3.63, 3.8) is 0 Å². The van der Waals surface area contributed by atoms with E-state index in [4.69, 9.17) is 0 Å². The lowest BCUT2D eigenvalue weighted by atomic mass is 9.97. The molecule has 0 heterocycles. The highest BCUT2D eigenvalue weighted by molar-refractivity contribution is 9.10. The van der Waals surface area contributed by atoms with Crippen molar-refractivity contribution in [2.75, 3.05) is 11.9 Å². The second-order valence-corrected chi connectivity index (χ2v) is 5.99. The van der Waals surface area contributed by atoms with E-state index in [2.05, 4.69) is 32.6 Å². The highest BCUT2D eigenvalue weighted by Crippen LogP contribution is 2.19. The SMILES string of the molecule is O=C(NCCC1=CCCCC1)C(=O)Nc1ccc(Br)cc1. The quantitative estimate of drug-likeness (QED) is 0.645. The lowest BCUT2D eigenvalue weighted by molar-refractivity contribution is -0.136. The number of allylic oxidation sites excluding steroid dienone is 1. The van der Waals surface area contributed by atoms with E-state index < -0.39 is 11.8 Å². The molecule has 1 aromatic rings. The molecule has 5 heteroatoms. The molecule has 0 aromatic heterocycles. The van der Waals surface area contributed by atoms with Crippen LogP contribution in [-0.2, 0) is 9.59 Å². The summed E-state index contributed by atoms with van der Waals surface area (Å²) in [5.41, 5.74) is 1.99. The third-order valence-electron chi connectivity index (χ3n) is 3.43. The van der Waals surface area contributed by atoms with Gasteiger partial charge in [-0.2, -0.15) is 0 Å². The summed E-state index contributed by atoms with van der Waals surface area (Å²) in [6.45, 7) is 0.512. The summed E-state index contributed by atoms with van der Waals surface area (Å²) in [5, 5.41) is 5.23. The molecular weight excluding hydrogens is 332 g/mol. The van der Waals surface area contributed by atoms with Gasteiger partial charge in [-0.25, -0.2) is 0 Å². The molecule has 0 fully saturated rings. The van der Waals surface area contributed by atoms with E-state index in [1.807, 2.05) is 12.1 Å². The summed E-state index contributed by atoms with van der Waals surface area (Å²) in [4.78, 5) is 23.4. The van der Waals surface area contributed by atoms with Crippen molar-refractivity contribution in [3.8, 4) is 0 Å². The fraction of sp³-hybridized carbons (Fsp3) is 0.375. The first-order chi connectivity index (χ1) is 10.1. The minimum atomic E-state index is -0.630. The van der Waals surface area contributed by atoms with Crippen LogP contribution in [0.5, 0.6) is 0 Å². The molecule has 2 N–H and O–H groups in total. The van der Waals surface area contributed by atoms with Crippen LogP contribution in [0.4, 0.5) is 5.69 Å². The van der Waals surface area contributed by atoms with Crippen molar-refractivity contribution >= 4 is 33.4 Å². The highest BCUT2D eigenvalue weighted by Gasteiger charge is 2.13. The van der Waals surface area contributed by atoms with Crippen molar-refractivity contribution < 1.29 is 9.59 Å². The van der Waals surface area contributed by atoms with Gasteiger partial charge >= 0.3 is 11.8 Å². The van der Waals surface area contributed by atoms with Crippen LogP contribution in [0.25, 0.3) is 0 Å². The van der Waals surface area contributed by atoms with Crippen LogP contribution in [0.2, 0.25) is 0 Å². The molecular formula is C16H19BrN2O2. The lowest BCUT2D eigenvalue weighted by Crippen LogP contribution is -2.36. The van der Waals surface area contributed by atoms with E-state index in [0.717, 1.165) is 23.7 Å². The van der Waals surface area contributed by atoms with Crippen LogP contribution in [0, 0.1) is 0 Å². The lowest BCUT2D eigenvalue weighted by Gasteiger charge is -2.12. The molecule has 0 spiro atoms. The van der Waals surface area contributed by atoms with E-state index in [1.165, 1.54) is 18.4 Å². The molecule has 0 saturated carbocycles. The van der Waals surface area contributed by atoms with Crippen LogP contribution in [-0.4, -0.2) is 18.4 Å². The summed E-state index contributed by atoms with van der Waals surface area (Å²) < 4.78 is 0.922. The molecule has 2 amide bonds. The van der Waals surface area contributed by atoms with Gasteiger partial charge in [0.25, 0.3) is 0 Å². The molecule has 4 nitrogen and oxygen atoms in total. The number of amides is 2. The summed E-state index contributed by atoms with van der Waals surface area (Å²) in [6.07, 6.45) is 7.80. The molecule has 0 atom stereocenters. The summed E-state index contributed by atoms with van der Waals surface area (Å²) >= 11 is 3.32. The number of rotatable bonds is 4. The maximum atomic E-state index is 11.7. The van der Waals surface area contributed by atoms with Crippen LogP contribution >= 0.6 is 15.9 Å². The molecule has 2 rings (SSSR count). The Morgan fingerprint density at radius 2 is 1.86 bits per heavy atom. The highest BCUT2D eigenvalue weighted by atomic mass is 79.9. The van der Waals surface area contributed by atoms with Gasteiger partial charge in [0, 0.05) is 16.7 Å². The number of anilines is 1. The maximum Gasteiger partial charge on any atom is 0.313 e. The zero-order chi connectivity index (χ0) is 15.1. The first-order valence-electron chi connectivity index (χ1n) is 7.18. The van der Waals surface area contributed by atoms with Gasteiger partial charge in [0.2, 0.25) is 0 Å². The molecule has 0 aliphatic heterocycles. The Balaban J connectivity index is 1.73. The van der Waals surface area contributed by atoms with Crippen molar-refractivity contribution in [1.29, 1.82) is 0 Å². The van der Waals surface area contributed by atoms with Crippen molar-refractivity contribution in [1.82, 2.24) is 5.32 Å². The number of halogens is 1. The minimum Gasteiger partial charge on any atom is -0.348 e. The summed E-state index contributed by atoms with van der Waals surface area (Å²) in [6, 6.07) is 7.09. The topological polar surface area (TPSA) is 58.2 Å². The predicted octanol–water partition coefficient (Wildman–Crippen LogP) is 3.39. The van der Waals surface area contributed by atoms with E-state index in [1.54, 1.807) is 12.1 Å². The van der Waals surface area contributed by atoms with Gasteiger partial charge in [-0.3, -0.25) is 9.59 Å². The molecule has 0 saturated heterocycles. The van der Waals surface area contributed by atoms with E-state index in [-0.39, 0.29) is 0 Å². The van der Waals surface area contributed by atoms with Gasteiger partial charge in [-0.15, -0.1) is 0 Å². The number of carbonyl (C=O) groups excluding carboxylic acids is 2. The molecule has 0 radical (unpaired) electrons. The molecule has 0 bridgehead atoms. The number of hydrogen-bond acceptors (Lipinski definition) is 2. The van der Waals surface area contributed by atoms with Crippen molar-refractivity contribution in [3.05, 3.63) is 40.4 Å². The van der Waals surface area contributed by atoms with Crippen molar-refractivity contribution in [2.45, 2.75) is 32.1 Å². The average molecular weight is 351 g/mol. The number of carbonyl (C=O) groups is 2. The monoisotopic (exact) mass is 350 g/mol. The Morgan fingerprint density at radius 1 is 1.10 bits per heavy atom. The van der Waals surface area contributed by atoms with Gasteiger partial charge < -0.3 is 10.6 Å². The Bertz CT molecular complexity index is 538. The Morgan fingerprint density at radius 3 is 2.52 bits per heavy atom. The van der Waals surface area contributed by atoms with E-state index in [0.29, 0.717) is 12.2 Å². The first-order valence-corrected chi connectivity index (χ1v) is 7.97. The number of hydrogen-bond donors (Lipinski definition) is 2. The zero-order valence-corrected chi connectivity index (χ0v) is 13.4. The summed E-state index contributed by atoms with van der Waals surface area (Å²) in [7, 11) is 0.